The molecule has 3 rings (SSSR count). The number of amides is 1. The third-order valence-corrected chi connectivity index (χ3v) is 4.44. The van der Waals surface area contributed by atoms with E-state index < -0.39 is 6.10 Å². The predicted octanol–water partition coefficient (Wildman–Crippen LogP) is 3.60. The van der Waals surface area contributed by atoms with Crippen LogP contribution in [-0.4, -0.2) is 30.5 Å². The SMILES string of the molecule is CC(Cc1ccccc1)C(=O)N1CCOC(c2ccccc2F)C1. The summed E-state index contributed by atoms with van der Waals surface area (Å²) in [5.41, 5.74) is 1.67. The second-order valence-electron chi connectivity index (χ2n) is 6.26. The van der Waals surface area contributed by atoms with E-state index in [1.807, 2.05) is 37.3 Å². The maximum atomic E-state index is 14.0. The third kappa shape index (κ3) is 3.82. The first-order valence-electron chi connectivity index (χ1n) is 8.34. The smallest absolute Gasteiger partial charge is 0.225 e. The molecule has 24 heavy (non-hydrogen) atoms. The van der Waals surface area contributed by atoms with Crippen LogP contribution in [0.2, 0.25) is 0 Å². The summed E-state index contributed by atoms with van der Waals surface area (Å²) in [5, 5.41) is 0. The van der Waals surface area contributed by atoms with Crippen LogP contribution < -0.4 is 0 Å². The average Bonchev–Trinajstić information content (AvgIpc) is 2.62. The van der Waals surface area contributed by atoms with Crippen LogP contribution in [0.15, 0.2) is 54.6 Å². The average molecular weight is 327 g/mol. The number of hydrogen-bond donors (Lipinski definition) is 0. The molecule has 1 fully saturated rings. The van der Waals surface area contributed by atoms with Gasteiger partial charge in [-0.1, -0.05) is 55.5 Å². The second kappa shape index (κ2) is 7.58. The Morgan fingerprint density at radius 1 is 1.21 bits per heavy atom. The van der Waals surface area contributed by atoms with Gasteiger partial charge in [0.2, 0.25) is 5.91 Å². The van der Waals surface area contributed by atoms with Gasteiger partial charge in [0, 0.05) is 18.0 Å². The molecule has 1 aliphatic heterocycles. The fourth-order valence-electron chi connectivity index (χ4n) is 3.14. The highest BCUT2D eigenvalue weighted by Gasteiger charge is 2.29. The first-order chi connectivity index (χ1) is 11.6. The molecule has 0 aromatic heterocycles. The van der Waals surface area contributed by atoms with Gasteiger partial charge in [0.25, 0.3) is 0 Å². The van der Waals surface area contributed by atoms with Crippen molar-refractivity contribution >= 4 is 5.91 Å². The molecule has 0 aliphatic carbocycles. The van der Waals surface area contributed by atoms with Crippen molar-refractivity contribution in [2.45, 2.75) is 19.4 Å². The molecular weight excluding hydrogens is 305 g/mol. The summed E-state index contributed by atoms with van der Waals surface area (Å²) in [6.07, 6.45) is 0.314. The van der Waals surface area contributed by atoms with E-state index >= 15 is 0 Å². The van der Waals surface area contributed by atoms with Crippen molar-refractivity contribution in [1.82, 2.24) is 4.90 Å². The molecule has 2 atom stereocenters. The summed E-state index contributed by atoms with van der Waals surface area (Å²) in [7, 11) is 0. The van der Waals surface area contributed by atoms with Crippen LogP contribution in [0.4, 0.5) is 4.39 Å². The second-order valence-corrected chi connectivity index (χ2v) is 6.26. The summed E-state index contributed by atoms with van der Waals surface area (Å²) in [6.45, 7) is 3.34. The Bertz CT molecular complexity index is 689. The fraction of sp³-hybridized carbons (Fsp3) is 0.350. The van der Waals surface area contributed by atoms with Crippen molar-refractivity contribution in [3.8, 4) is 0 Å². The number of carbonyl (C=O) groups excluding carboxylic acids is 1. The zero-order valence-electron chi connectivity index (χ0n) is 13.8. The molecule has 4 heteroatoms. The maximum absolute atomic E-state index is 14.0. The lowest BCUT2D eigenvalue weighted by Crippen LogP contribution is -2.45. The molecule has 0 bridgehead atoms. The van der Waals surface area contributed by atoms with Crippen LogP contribution in [0.1, 0.15) is 24.2 Å². The molecule has 2 unspecified atom stereocenters. The van der Waals surface area contributed by atoms with Crippen molar-refractivity contribution in [3.05, 3.63) is 71.5 Å². The maximum Gasteiger partial charge on any atom is 0.225 e. The van der Waals surface area contributed by atoms with Gasteiger partial charge in [0.05, 0.1) is 13.2 Å². The molecular formula is C20H22FNO2. The van der Waals surface area contributed by atoms with Gasteiger partial charge in [-0.05, 0) is 18.1 Å². The largest absolute Gasteiger partial charge is 0.370 e. The van der Waals surface area contributed by atoms with Crippen molar-refractivity contribution in [1.29, 1.82) is 0 Å². The summed E-state index contributed by atoms with van der Waals surface area (Å²) < 4.78 is 19.7. The minimum atomic E-state index is -0.396. The van der Waals surface area contributed by atoms with E-state index in [2.05, 4.69) is 0 Å². The fourth-order valence-corrected chi connectivity index (χ4v) is 3.14. The highest BCUT2D eigenvalue weighted by Crippen LogP contribution is 2.25. The monoisotopic (exact) mass is 327 g/mol. The quantitative estimate of drug-likeness (QED) is 0.859. The van der Waals surface area contributed by atoms with Crippen LogP contribution in [-0.2, 0) is 16.0 Å². The molecule has 0 saturated carbocycles. The van der Waals surface area contributed by atoms with Crippen LogP contribution in [0.5, 0.6) is 0 Å². The first-order valence-corrected chi connectivity index (χ1v) is 8.34. The van der Waals surface area contributed by atoms with Crippen LogP contribution in [0.25, 0.3) is 0 Å². The molecule has 1 aliphatic rings. The van der Waals surface area contributed by atoms with Crippen molar-refractivity contribution in [2.24, 2.45) is 5.92 Å². The molecule has 0 radical (unpaired) electrons. The zero-order valence-corrected chi connectivity index (χ0v) is 13.8. The summed E-state index contributed by atoms with van der Waals surface area (Å²) in [6, 6.07) is 16.6. The number of benzene rings is 2. The molecule has 1 amide bonds. The Morgan fingerprint density at radius 2 is 1.92 bits per heavy atom. The van der Waals surface area contributed by atoms with Crippen LogP contribution >= 0.6 is 0 Å². The Labute approximate surface area is 142 Å². The van der Waals surface area contributed by atoms with Crippen molar-refractivity contribution in [3.63, 3.8) is 0 Å². The van der Waals surface area contributed by atoms with Gasteiger partial charge in [-0.25, -0.2) is 4.39 Å². The lowest BCUT2D eigenvalue weighted by molar-refractivity contribution is -0.142. The van der Waals surface area contributed by atoms with Gasteiger partial charge in [-0.3, -0.25) is 4.79 Å². The molecule has 2 aromatic carbocycles. The molecule has 1 heterocycles. The van der Waals surface area contributed by atoms with E-state index in [9.17, 15) is 9.18 Å². The highest BCUT2D eigenvalue weighted by atomic mass is 19.1. The third-order valence-electron chi connectivity index (χ3n) is 4.44. The minimum absolute atomic E-state index is 0.100. The molecule has 2 aromatic rings. The number of rotatable bonds is 4. The van der Waals surface area contributed by atoms with Gasteiger partial charge >= 0.3 is 0 Å². The van der Waals surface area contributed by atoms with E-state index in [0.717, 1.165) is 5.56 Å². The number of carbonyl (C=O) groups is 1. The van der Waals surface area contributed by atoms with Crippen LogP contribution in [0.3, 0.4) is 0 Å². The molecule has 0 spiro atoms. The normalized spacial score (nSPS) is 19.1. The van der Waals surface area contributed by atoms with E-state index in [1.165, 1.54) is 6.07 Å². The molecule has 126 valence electrons. The lowest BCUT2D eigenvalue weighted by Gasteiger charge is -2.34. The van der Waals surface area contributed by atoms with Gasteiger partial charge in [0.1, 0.15) is 11.9 Å². The zero-order chi connectivity index (χ0) is 16.9. The van der Waals surface area contributed by atoms with Gasteiger partial charge < -0.3 is 9.64 Å². The van der Waals surface area contributed by atoms with Crippen molar-refractivity contribution in [2.75, 3.05) is 19.7 Å². The standard InChI is InChI=1S/C20H22FNO2/c1-15(13-16-7-3-2-4-8-16)20(23)22-11-12-24-19(14-22)17-9-5-6-10-18(17)21/h2-10,15,19H,11-14H2,1H3. The number of morpholine rings is 1. The Hall–Kier alpha value is -2.20. The summed E-state index contributed by atoms with van der Waals surface area (Å²) in [4.78, 5) is 14.5. The number of ether oxygens (including phenoxy) is 1. The summed E-state index contributed by atoms with van der Waals surface area (Å²) in [5.74, 6) is -0.288. The Morgan fingerprint density at radius 3 is 2.67 bits per heavy atom. The summed E-state index contributed by atoms with van der Waals surface area (Å²) >= 11 is 0. The first kappa shape index (κ1) is 16.7. The van der Waals surface area contributed by atoms with E-state index in [1.54, 1.807) is 23.1 Å². The molecule has 0 N–H and O–H groups in total. The highest BCUT2D eigenvalue weighted by molar-refractivity contribution is 5.79. The van der Waals surface area contributed by atoms with E-state index in [-0.39, 0.29) is 17.6 Å². The van der Waals surface area contributed by atoms with Crippen molar-refractivity contribution < 1.29 is 13.9 Å². The van der Waals surface area contributed by atoms with Gasteiger partial charge in [0.15, 0.2) is 0 Å². The van der Waals surface area contributed by atoms with Gasteiger partial charge in [-0.2, -0.15) is 0 Å². The van der Waals surface area contributed by atoms with Crippen LogP contribution in [0, 0.1) is 11.7 Å². The topological polar surface area (TPSA) is 29.5 Å². The molecule has 3 nitrogen and oxygen atoms in total. The number of nitrogens with zero attached hydrogens (tertiary/aromatic N) is 1. The van der Waals surface area contributed by atoms with E-state index in [4.69, 9.17) is 4.74 Å². The molecule has 1 saturated heterocycles. The minimum Gasteiger partial charge on any atom is -0.370 e. The Balaban J connectivity index is 1.66. The predicted molar refractivity (Wildman–Crippen MR) is 91.0 cm³/mol. The number of hydrogen-bond acceptors (Lipinski definition) is 2. The lowest BCUT2D eigenvalue weighted by atomic mass is 9.99. The number of halogens is 1. The van der Waals surface area contributed by atoms with Gasteiger partial charge in [-0.15, -0.1) is 0 Å². The van der Waals surface area contributed by atoms with E-state index in [0.29, 0.717) is 31.7 Å². The Kier molecular flexibility index (Phi) is 5.26.